The number of carbonyl (C=O) groups is 3. The summed E-state index contributed by atoms with van der Waals surface area (Å²) in [6.45, 7) is 0. The standard InChI is InChI=1S/C28H25BrN2O6/c1-30(2)19-11-6-17(7-12-19)25-24(26(34)18-8-13-22(37-3)21(29)15-18)27(35)28(36)31(25)20-9-4-16(5-10-20)14-23(32)33/h4-13,15,25,34H,14H2,1-3H3,(H,32,33)/b26-24-. The van der Waals surface area contributed by atoms with Crippen molar-refractivity contribution >= 4 is 50.7 Å². The molecule has 4 rings (SSSR count). The number of hydrogen-bond acceptors (Lipinski definition) is 6. The molecule has 1 aliphatic rings. The third kappa shape index (κ3) is 5.08. The molecule has 3 aromatic rings. The monoisotopic (exact) mass is 564 g/mol. The molecule has 3 aromatic carbocycles. The van der Waals surface area contributed by atoms with Crippen molar-refractivity contribution in [2.24, 2.45) is 0 Å². The third-order valence-electron chi connectivity index (χ3n) is 6.16. The molecule has 2 N–H and O–H groups in total. The summed E-state index contributed by atoms with van der Waals surface area (Å²) in [7, 11) is 5.33. The van der Waals surface area contributed by atoms with Gasteiger partial charge in [-0.2, -0.15) is 0 Å². The average molecular weight is 565 g/mol. The Morgan fingerprint density at radius 3 is 2.19 bits per heavy atom. The second-order valence-electron chi connectivity index (χ2n) is 8.74. The van der Waals surface area contributed by atoms with Crippen LogP contribution >= 0.6 is 15.9 Å². The topological polar surface area (TPSA) is 107 Å². The number of aliphatic hydroxyl groups is 1. The number of aliphatic carboxylic acids is 1. The van der Waals surface area contributed by atoms with E-state index in [0.717, 1.165) is 5.69 Å². The largest absolute Gasteiger partial charge is 0.507 e. The number of ether oxygens (including phenoxy) is 1. The minimum atomic E-state index is -0.972. The quantitative estimate of drug-likeness (QED) is 0.241. The van der Waals surface area contributed by atoms with Crippen molar-refractivity contribution in [3.05, 3.63) is 93.5 Å². The highest BCUT2D eigenvalue weighted by Gasteiger charge is 2.47. The van der Waals surface area contributed by atoms with Crippen molar-refractivity contribution < 1.29 is 29.3 Å². The molecule has 1 saturated heterocycles. The first kappa shape index (κ1) is 26.0. The van der Waals surface area contributed by atoms with E-state index in [9.17, 15) is 19.5 Å². The van der Waals surface area contributed by atoms with E-state index in [0.29, 0.717) is 32.6 Å². The molecule has 8 nitrogen and oxygen atoms in total. The highest BCUT2D eigenvalue weighted by atomic mass is 79.9. The number of carboxylic acids is 1. The van der Waals surface area contributed by atoms with Crippen molar-refractivity contribution in [3.8, 4) is 5.75 Å². The first-order valence-corrected chi connectivity index (χ1v) is 12.1. The average Bonchev–Trinajstić information content (AvgIpc) is 3.14. The van der Waals surface area contributed by atoms with E-state index in [2.05, 4.69) is 15.9 Å². The van der Waals surface area contributed by atoms with Gasteiger partial charge in [-0.1, -0.05) is 24.3 Å². The summed E-state index contributed by atoms with van der Waals surface area (Å²) >= 11 is 3.40. The number of rotatable bonds is 7. The number of hydrogen-bond donors (Lipinski definition) is 2. The van der Waals surface area contributed by atoms with E-state index in [1.807, 2.05) is 43.3 Å². The van der Waals surface area contributed by atoms with Gasteiger partial charge in [-0.25, -0.2) is 0 Å². The number of amides is 1. The van der Waals surface area contributed by atoms with Gasteiger partial charge < -0.3 is 19.8 Å². The van der Waals surface area contributed by atoms with Crippen LogP contribution in [-0.4, -0.2) is 49.1 Å². The number of anilines is 2. The second-order valence-corrected chi connectivity index (χ2v) is 9.60. The Morgan fingerprint density at radius 1 is 1.00 bits per heavy atom. The zero-order chi connectivity index (χ0) is 26.9. The molecule has 1 fully saturated rings. The first-order valence-electron chi connectivity index (χ1n) is 11.3. The molecule has 37 heavy (non-hydrogen) atoms. The summed E-state index contributed by atoms with van der Waals surface area (Å²) in [5.41, 5.74) is 2.83. The van der Waals surface area contributed by atoms with Gasteiger partial charge in [0.1, 0.15) is 11.5 Å². The molecule has 0 aromatic heterocycles. The number of Topliss-reactive ketones (excluding diaryl/α,β-unsaturated/α-hetero) is 1. The normalized spacial score (nSPS) is 16.6. The minimum Gasteiger partial charge on any atom is -0.507 e. The van der Waals surface area contributed by atoms with E-state index < -0.39 is 23.7 Å². The van der Waals surface area contributed by atoms with Crippen LogP contribution in [0.25, 0.3) is 5.76 Å². The molecular formula is C28H25BrN2O6. The number of carboxylic acid groups (broad SMARTS) is 1. The van der Waals surface area contributed by atoms with E-state index >= 15 is 0 Å². The summed E-state index contributed by atoms with van der Waals surface area (Å²) in [5.74, 6) is -2.34. The predicted octanol–water partition coefficient (Wildman–Crippen LogP) is 4.78. The van der Waals surface area contributed by atoms with Crippen LogP contribution in [0, 0.1) is 0 Å². The van der Waals surface area contributed by atoms with Gasteiger partial charge in [-0.05, 0) is 69.5 Å². The Labute approximate surface area is 222 Å². The van der Waals surface area contributed by atoms with Crippen molar-refractivity contribution in [1.29, 1.82) is 0 Å². The second kappa shape index (κ2) is 10.5. The summed E-state index contributed by atoms with van der Waals surface area (Å²) in [4.78, 5) is 41.0. The molecule has 1 aliphatic heterocycles. The molecular weight excluding hydrogens is 540 g/mol. The number of methoxy groups -OCH3 is 1. The van der Waals surface area contributed by atoms with E-state index in [1.165, 1.54) is 12.0 Å². The third-order valence-corrected chi connectivity index (χ3v) is 6.78. The van der Waals surface area contributed by atoms with Crippen molar-refractivity contribution in [2.75, 3.05) is 31.0 Å². The van der Waals surface area contributed by atoms with Gasteiger partial charge in [0.05, 0.1) is 29.6 Å². The van der Waals surface area contributed by atoms with Crippen LogP contribution in [0.4, 0.5) is 11.4 Å². The molecule has 0 saturated carbocycles. The molecule has 190 valence electrons. The Morgan fingerprint density at radius 2 is 1.65 bits per heavy atom. The summed E-state index contributed by atoms with van der Waals surface area (Å²) < 4.78 is 5.84. The van der Waals surface area contributed by atoms with Crippen molar-refractivity contribution in [2.45, 2.75) is 12.5 Å². The van der Waals surface area contributed by atoms with Crippen LogP contribution in [-0.2, 0) is 20.8 Å². The van der Waals surface area contributed by atoms with E-state index in [-0.39, 0.29) is 17.8 Å². The number of nitrogens with zero attached hydrogens (tertiary/aromatic N) is 2. The number of aliphatic hydroxyl groups excluding tert-OH is 1. The van der Waals surface area contributed by atoms with Crippen molar-refractivity contribution in [1.82, 2.24) is 0 Å². The maximum absolute atomic E-state index is 13.4. The molecule has 1 amide bonds. The van der Waals surface area contributed by atoms with Gasteiger partial charge in [0.2, 0.25) is 0 Å². The van der Waals surface area contributed by atoms with Crippen LogP contribution in [0.5, 0.6) is 5.75 Å². The molecule has 1 unspecified atom stereocenters. The molecule has 1 heterocycles. The molecule has 0 aliphatic carbocycles. The predicted molar refractivity (Wildman–Crippen MR) is 144 cm³/mol. The fourth-order valence-electron chi connectivity index (χ4n) is 4.29. The molecule has 1 atom stereocenters. The van der Waals surface area contributed by atoms with Gasteiger partial charge in [-0.15, -0.1) is 0 Å². The maximum atomic E-state index is 13.4. The van der Waals surface area contributed by atoms with Crippen LogP contribution < -0.4 is 14.5 Å². The Balaban J connectivity index is 1.88. The minimum absolute atomic E-state index is 0.0470. The van der Waals surface area contributed by atoms with Crippen LogP contribution in [0.15, 0.2) is 76.8 Å². The first-order chi connectivity index (χ1) is 17.6. The summed E-state index contributed by atoms with van der Waals surface area (Å²) in [6.07, 6.45) is -0.166. The molecule has 0 bridgehead atoms. The Hall–Kier alpha value is -4.11. The number of carbonyl (C=O) groups excluding carboxylic acids is 2. The lowest BCUT2D eigenvalue weighted by atomic mass is 9.94. The van der Waals surface area contributed by atoms with Crippen molar-refractivity contribution in [3.63, 3.8) is 0 Å². The zero-order valence-electron chi connectivity index (χ0n) is 20.4. The Bertz CT molecular complexity index is 1400. The fourth-order valence-corrected chi connectivity index (χ4v) is 4.83. The maximum Gasteiger partial charge on any atom is 0.307 e. The number of ketones is 1. The van der Waals surface area contributed by atoms with Gasteiger partial charge in [0, 0.05) is 31.0 Å². The van der Waals surface area contributed by atoms with Crippen LogP contribution in [0.1, 0.15) is 22.7 Å². The van der Waals surface area contributed by atoms with Gasteiger partial charge in [0.15, 0.2) is 0 Å². The number of halogens is 1. The van der Waals surface area contributed by atoms with E-state index in [4.69, 9.17) is 9.84 Å². The summed E-state index contributed by atoms with van der Waals surface area (Å²) in [6, 6.07) is 17.8. The zero-order valence-corrected chi connectivity index (χ0v) is 22.0. The van der Waals surface area contributed by atoms with Gasteiger partial charge in [-0.3, -0.25) is 19.3 Å². The lowest BCUT2D eigenvalue weighted by Gasteiger charge is -2.26. The van der Waals surface area contributed by atoms with Gasteiger partial charge in [0.25, 0.3) is 11.7 Å². The molecule has 0 radical (unpaired) electrons. The SMILES string of the molecule is COc1ccc(/C(O)=C2/C(=O)C(=O)N(c3ccc(CC(=O)O)cc3)C2c2ccc(N(C)C)cc2)cc1Br. The lowest BCUT2D eigenvalue weighted by Crippen LogP contribution is -2.29. The molecule has 0 spiro atoms. The highest BCUT2D eigenvalue weighted by Crippen LogP contribution is 2.43. The van der Waals surface area contributed by atoms with E-state index in [1.54, 1.807) is 42.5 Å². The van der Waals surface area contributed by atoms with Crippen LogP contribution in [0.2, 0.25) is 0 Å². The molecule has 9 heteroatoms. The fraction of sp³-hybridized carbons (Fsp3) is 0.179. The Kier molecular flexibility index (Phi) is 7.35. The number of benzene rings is 3. The smallest absolute Gasteiger partial charge is 0.307 e. The lowest BCUT2D eigenvalue weighted by molar-refractivity contribution is -0.136. The van der Waals surface area contributed by atoms with Crippen LogP contribution in [0.3, 0.4) is 0 Å². The highest BCUT2D eigenvalue weighted by molar-refractivity contribution is 9.10. The van der Waals surface area contributed by atoms with Gasteiger partial charge >= 0.3 is 5.97 Å². The summed E-state index contributed by atoms with van der Waals surface area (Å²) in [5, 5.41) is 20.4.